The van der Waals surface area contributed by atoms with Crippen LogP contribution in [0.4, 0.5) is 0 Å². The van der Waals surface area contributed by atoms with Crippen molar-refractivity contribution in [2.24, 2.45) is 5.10 Å². The van der Waals surface area contributed by atoms with Crippen molar-refractivity contribution in [2.45, 2.75) is 6.54 Å². The molecule has 0 atom stereocenters. The number of nitrogens with one attached hydrogen (secondary N) is 1. The Kier molecular flexibility index (Phi) is 6.13. The van der Waals surface area contributed by atoms with Crippen molar-refractivity contribution in [1.82, 2.24) is 5.43 Å². The Hall–Kier alpha value is -3.09. The van der Waals surface area contributed by atoms with Crippen molar-refractivity contribution < 1.29 is 23.6 Å². The summed E-state index contributed by atoms with van der Waals surface area (Å²) in [6.45, 7) is 0.176. The highest BCUT2D eigenvalue weighted by Gasteiger charge is 2.12. The van der Waals surface area contributed by atoms with E-state index >= 15 is 0 Å². The van der Waals surface area contributed by atoms with Crippen LogP contribution in [-0.4, -0.2) is 33.5 Å². The number of hydrogen-bond acceptors (Lipinski definition) is 5. The Bertz CT molecular complexity index is 692. The standard InChI is InChI=1S/C17H19N3O4/c1-22-13-9-15(23-2)14(16(10-13)24-3)11-18-19-17(21)12-20-7-5-4-6-8-20/h4-11H,12H2,1-3H3/p+1/b18-11-. The van der Waals surface area contributed by atoms with Crippen molar-refractivity contribution >= 4 is 12.1 Å². The van der Waals surface area contributed by atoms with Gasteiger partial charge in [-0.2, -0.15) is 9.67 Å². The van der Waals surface area contributed by atoms with Crippen LogP contribution in [0.3, 0.4) is 0 Å². The number of hydrazone groups is 1. The first-order valence-electron chi connectivity index (χ1n) is 7.24. The average molecular weight is 330 g/mol. The fraction of sp³-hybridized carbons (Fsp3) is 0.235. The number of carbonyl (C=O) groups is 1. The molecule has 1 aromatic heterocycles. The third-order valence-electron chi connectivity index (χ3n) is 3.24. The summed E-state index contributed by atoms with van der Waals surface area (Å²) in [4.78, 5) is 11.9. The van der Waals surface area contributed by atoms with Crippen molar-refractivity contribution in [3.05, 3.63) is 48.3 Å². The van der Waals surface area contributed by atoms with Crippen LogP contribution in [-0.2, 0) is 11.3 Å². The van der Waals surface area contributed by atoms with Crippen LogP contribution in [0.25, 0.3) is 0 Å². The number of rotatable bonds is 7. The lowest BCUT2D eigenvalue weighted by Gasteiger charge is -2.12. The summed E-state index contributed by atoms with van der Waals surface area (Å²) < 4.78 is 17.6. The van der Waals surface area contributed by atoms with E-state index < -0.39 is 0 Å². The van der Waals surface area contributed by atoms with E-state index in [1.807, 2.05) is 18.2 Å². The van der Waals surface area contributed by atoms with Crippen LogP contribution in [0.5, 0.6) is 17.2 Å². The zero-order chi connectivity index (χ0) is 17.4. The molecule has 0 bridgehead atoms. The molecule has 2 rings (SSSR count). The van der Waals surface area contributed by atoms with Gasteiger partial charge in [0.15, 0.2) is 12.4 Å². The quantitative estimate of drug-likeness (QED) is 0.470. The molecule has 1 N–H and O–H groups in total. The molecule has 2 aromatic rings. The molecule has 1 aromatic carbocycles. The molecule has 0 aliphatic carbocycles. The van der Waals surface area contributed by atoms with Gasteiger partial charge < -0.3 is 14.2 Å². The normalized spacial score (nSPS) is 10.5. The van der Waals surface area contributed by atoms with E-state index in [-0.39, 0.29) is 12.5 Å². The fourth-order valence-corrected chi connectivity index (χ4v) is 2.07. The van der Waals surface area contributed by atoms with Crippen LogP contribution in [0.15, 0.2) is 47.8 Å². The van der Waals surface area contributed by atoms with Gasteiger partial charge in [0.1, 0.15) is 17.2 Å². The van der Waals surface area contributed by atoms with Gasteiger partial charge in [-0.05, 0) is 0 Å². The Labute approximate surface area is 140 Å². The SMILES string of the molecule is COc1cc(OC)c(/C=N\NC(=O)C[n+]2ccccc2)c(OC)c1. The Morgan fingerprint density at radius 1 is 1.08 bits per heavy atom. The second kappa shape index (κ2) is 8.52. The maximum absolute atomic E-state index is 11.9. The molecule has 1 amide bonds. The summed E-state index contributed by atoms with van der Waals surface area (Å²) in [7, 11) is 4.63. The van der Waals surface area contributed by atoms with Crippen LogP contribution >= 0.6 is 0 Å². The molecule has 0 radical (unpaired) electrons. The minimum absolute atomic E-state index is 0.176. The Morgan fingerprint density at radius 2 is 1.71 bits per heavy atom. The number of ether oxygens (including phenoxy) is 3. The van der Waals surface area contributed by atoms with Crippen LogP contribution in [0.1, 0.15) is 5.56 Å². The largest absolute Gasteiger partial charge is 0.496 e. The lowest BCUT2D eigenvalue weighted by atomic mass is 10.2. The molecule has 7 nitrogen and oxygen atoms in total. The summed E-state index contributed by atoms with van der Waals surface area (Å²) in [5.74, 6) is 1.42. The van der Waals surface area contributed by atoms with Crippen molar-refractivity contribution in [1.29, 1.82) is 0 Å². The molecule has 7 heteroatoms. The van der Waals surface area contributed by atoms with Gasteiger partial charge in [0.2, 0.25) is 6.54 Å². The van der Waals surface area contributed by atoms with Gasteiger partial charge >= 0.3 is 5.91 Å². The Balaban J connectivity index is 2.09. The van der Waals surface area contributed by atoms with E-state index in [2.05, 4.69) is 10.5 Å². The predicted molar refractivity (Wildman–Crippen MR) is 88.5 cm³/mol. The highest BCUT2D eigenvalue weighted by molar-refractivity contribution is 5.89. The molecule has 126 valence electrons. The maximum atomic E-state index is 11.9. The lowest BCUT2D eigenvalue weighted by molar-refractivity contribution is -0.684. The van der Waals surface area contributed by atoms with Gasteiger partial charge in [-0.15, -0.1) is 0 Å². The van der Waals surface area contributed by atoms with Crippen LogP contribution < -0.4 is 24.2 Å². The first kappa shape index (κ1) is 17.3. The van der Waals surface area contributed by atoms with Crippen molar-refractivity contribution in [3.8, 4) is 17.2 Å². The highest BCUT2D eigenvalue weighted by Crippen LogP contribution is 2.32. The minimum atomic E-state index is -0.242. The first-order chi connectivity index (χ1) is 11.7. The summed E-state index contributed by atoms with van der Waals surface area (Å²) in [5.41, 5.74) is 3.08. The van der Waals surface area contributed by atoms with Crippen molar-refractivity contribution in [2.75, 3.05) is 21.3 Å². The van der Waals surface area contributed by atoms with Gasteiger partial charge in [0.05, 0.1) is 33.1 Å². The molecule has 0 saturated carbocycles. The number of hydrogen-bond donors (Lipinski definition) is 1. The number of amides is 1. The summed E-state index contributed by atoms with van der Waals surface area (Å²) in [6, 6.07) is 9.01. The van der Waals surface area contributed by atoms with E-state index in [0.29, 0.717) is 22.8 Å². The van der Waals surface area contributed by atoms with Crippen molar-refractivity contribution in [3.63, 3.8) is 0 Å². The first-order valence-corrected chi connectivity index (χ1v) is 7.24. The monoisotopic (exact) mass is 330 g/mol. The Morgan fingerprint density at radius 3 is 2.25 bits per heavy atom. The summed E-state index contributed by atoms with van der Waals surface area (Å²) in [6.07, 6.45) is 5.09. The third-order valence-corrected chi connectivity index (χ3v) is 3.24. The van der Waals surface area contributed by atoms with Gasteiger partial charge in [-0.1, -0.05) is 6.07 Å². The molecule has 0 unspecified atom stereocenters. The summed E-state index contributed by atoms with van der Waals surface area (Å²) >= 11 is 0. The summed E-state index contributed by atoms with van der Waals surface area (Å²) in [5, 5.41) is 3.97. The molecular formula is C17H20N3O4+. The minimum Gasteiger partial charge on any atom is -0.496 e. The van der Waals surface area contributed by atoms with E-state index in [0.717, 1.165) is 0 Å². The van der Waals surface area contributed by atoms with E-state index in [1.54, 1.807) is 36.2 Å². The molecule has 0 aliphatic rings. The smallest absolute Gasteiger partial charge is 0.305 e. The number of carbonyl (C=O) groups excluding carboxylic acids is 1. The second-order valence-corrected chi connectivity index (χ2v) is 4.79. The third kappa shape index (κ3) is 4.45. The van der Waals surface area contributed by atoms with Gasteiger partial charge in [-0.3, -0.25) is 4.79 Å². The average Bonchev–Trinajstić information content (AvgIpc) is 2.62. The second-order valence-electron chi connectivity index (χ2n) is 4.79. The molecular weight excluding hydrogens is 310 g/mol. The molecule has 0 fully saturated rings. The predicted octanol–water partition coefficient (Wildman–Crippen LogP) is 1.15. The van der Waals surface area contributed by atoms with Crippen LogP contribution in [0, 0.1) is 0 Å². The van der Waals surface area contributed by atoms with Gasteiger partial charge in [-0.25, -0.2) is 5.43 Å². The number of pyridine rings is 1. The molecule has 0 aliphatic heterocycles. The van der Waals surface area contributed by atoms with E-state index in [1.165, 1.54) is 20.4 Å². The van der Waals surface area contributed by atoms with E-state index in [4.69, 9.17) is 14.2 Å². The number of benzene rings is 1. The number of aromatic nitrogens is 1. The zero-order valence-electron chi connectivity index (χ0n) is 13.9. The zero-order valence-corrected chi connectivity index (χ0v) is 13.9. The molecule has 24 heavy (non-hydrogen) atoms. The maximum Gasteiger partial charge on any atom is 0.305 e. The van der Waals surface area contributed by atoms with Gasteiger partial charge in [0, 0.05) is 24.3 Å². The highest BCUT2D eigenvalue weighted by atomic mass is 16.5. The van der Waals surface area contributed by atoms with E-state index in [9.17, 15) is 4.79 Å². The number of nitrogens with zero attached hydrogens (tertiary/aromatic N) is 2. The lowest BCUT2D eigenvalue weighted by Crippen LogP contribution is -2.40. The molecule has 1 heterocycles. The van der Waals surface area contributed by atoms with Gasteiger partial charge in [0.25, 0.3) is 0 Å². The number of methoxy groups -OCH3 is 3. The fourth-order valence-electron chi connectivity index (χ4n) is 2.07. The topological polar surface area (TPSA) is 73.0 Å². The molecule has 0 saturated heterocycles. The molecule has 0 spiro atoms. The van der Waals surface area contributed by atoms with Crippen LogP contribution in [0.2, 0.25) is 0 Å².